The average Bonchev–Trinajstić information content (AvgIpc) is 3.15. The maximum absolute atomic E-state index is 3.65. The normalized spacial score (nSPS) is 17.4. The topological polar surface area (TPSA) is 15.3 Å². The molecule has 1 fully saturated rings. The van der Waals surface area contributed by atoms with Crippen LogP contribution in [0.2, 0.25) is 0 Å². The van der Waals surface area contributed by atoms with Gasteiger partial charge in [-0.3, -0.25) is 4.90 Å². The molecular weight excluding hydrogens is 208 g/mol. The van der Waals surface area contributed by atoms with Crippen molar-refractivity contribution >= 4 is 0 Å². The highest BCUT2D eigenvalue weighted by Gasteiger charge is 2.23. The third-order valence-corrected chi connectivity index (χ3v) is 3.47. The van der Waals surface area contributed by atoms with E-state index in [1.807, 2.05) is 0 Å². The fourth-order valence-electron chi connectivity index (χ4n) is 2.28. The first-order valence-corrected chi connectivity index (χ1v) is 6.80. The molecule has 1 unspecified atom stereocenters. The van der Waals surface area contributed by atoms with Gasteiger partial charge in [0.1, 0.15) is 0 Å². The molecule has 0 spiro atoms. The first kappa shape index (κ1) is 12.6. The Labute approximate surface area is 105 Å². The first-order valence-electron chi connectivity index (χ1n) is 6.80. The van der Waals surface area contributed by atoms with Gasteiger partial charge in [-0.05, 0) is 38.4 Å². The van der Waals surface area contributed by atoms with Crippen molar-refractivity contribution in [3.05, 3.63) is 35.9 Å². The van der Waals surface area contributed by atoms with Crippen molar-refractivity contribution in [1.82, 2.24) is 10.2 Å². The molecule has 0 amide bonds. The second-order valence-electron chi connectivity index (χ2n) is 5.09. The zero-order valence-corrected chi connectivity index (χ0v) is 11.0. The molecule has 17 heavy (non-hydrogen) atoms. The molecule has 1 aromatic rings. The quantitative estimate of drug-likeness (QED) is 0.777. The van der Waals surface area contributed by atoms with Crippen LogP contribution in [0.1, 0.15) is 37.8 Å². The lowest BCUT2D eigenvalue weighted by atomic mass is 10.1. The van der Waals surface area contributed by atoms with Crippen LogP contribution in [-0.2, 0) is 0 Å². The fourth-order valence-corrected chi connectivity index (χ4v) is 2.28. The molecule has 0 saturated heterocycles. The van der Waals surface area contributed by atoms with Gasteiger partial charge in [-0.1, -0.05) is 37.3 Å². The second kappa shape index (κ2) is 6.18. The molecule has 1 aliphatic rings. The van der Waals surface area contributed by atoms with Crippen LogP contribution in [0, 0.1) is 0 Å². The van der Waals surface area contributed by atoms with Gasteiger partial charge in [0.2, 0.25) is 0 Å². The maximum atomic E-state index is 3.65. The minimum absolute atomic E-state index is 0.511. The van der Waals surface area contributed by atoms with E-state index in [0.717, 1.165) is 19.1 Å². The van der Waals surface area contributed by atoms with Crippen LogP contribution in [-0.4, -0.2) is 31.1 Å². The Morgan fingerprint density at radius 3 is 2.59 bits per heavy atom. The van der Waals surface area contributed by atoms with Gasteiger partial charge >= 0.3 is 0 Å². The summed E-state index contributed by atoms with van der Waals surface area (Å²) in [6.45, 7) is 4.48. The number of nitrogens with zero attached hydrogens (tertiary/aromatic N) is 1. The standard InChI is InChI=1S/C15H24N2/c1-3-11-17(2)15(12-16-14-9-10-14)13-7-5-4-6-8-13/h4-8,14-16H,3,9-12H2,1-2H3. The van der Waals surface area contributed by atoms with Gasteiger partial charge in [0.15, 0.2) is 0 Å². The molecule has 94 valence electrons. The molecule has 2 heteroatoms. The highest BCUT2D eigenvalue weighted by molar-refractivity contribution is 5.19. The van der Waals surface area contributed by atoms with E-state index in [1.165, 1.54) is 24.8 Å². The van der Waals surface area contributed by atoms with Gasteiger partial charge in [0.05, 0.1) is 0 Å². The van der Waals surface area contributed by atoms with E-state index < -0.39 is 0 Å². The SMILES string of the molecule is CCCN(C)C(CNC1CC1)c1ccccc1. The molecule has 0 radical (unpaired) electrons. The van der Waals surface area contributed by atoms with Crippen molar-refractivity contribution < 1.29 is 0 Å². The zero-order valence-electron chi connectivity index (χ0n) is 11.0. The number of rotatable bonds is 7. The fraction of sp³-hybridized carbons (Fsp3) is 0.600. The van der Waals surface area contributed by atoms with Crippen LogP contribution in [0.3, 0.4) is 0 Å². The van der Waals surface area contributed by atoms with E-state index >= 15 is 0 Å². The number of hydrogen-bond donors (Lipinski definition) is 1. The van der Waals surface area contributed by atoms with Crippen molar-refractivity contribution in [2.45, 2.75) is 38.3 Å². The van der Waals surface area contributed by atoms with Crippen molar-refractivity contribution in [1.29, 1.82) is 0 Å². The lowest BCUT2D eigenvalue weighted by Crippen LogP contribution is -2.34. The van der Waals surface area contributed by atoms with Gasteiger partial charge in [0.25, 0.3) is 0 Å². The van der Waals surface area contributed by atoms with Crippen LogP contribution in [0.15, 0.2) is 30.3 Å². The Bertz CT molecular complexity index is 319. The molecule has 1 aliphatic carbocycles. The molecule has 0 aliphatic heterocycles. The molecule has 0 bridgehead atoms. The van der Waals surface area contributed by atoms with Crippen molar-refractivity contribution in [3.63, 3.8) is 0 Å². The van der Waals surface area contributed by atoms with Crippen LogP contribution in [0.4, 0.5) is 0 Å². The molecule has 2 nitrogen and oxygen atoms in total. The molecular formula is C15H24N2. The average molecular weight is 232 g/mol. The minimum Gasteiger partial charge on any atom is -0.312 e. The summed E-state index contributed by atoms with van der Waals surface area (Å²) in [5.74, 6) is 0. The molecule has 1 atom stereocenters. The predicted molar refractivity (Wildman–Crippen MR) is 73.1 cm³/mol. The Kier molecular flexibility index (Phi) is 4.57. The van der Waals surface area contributed by atoms with Gasteiger partial charge in [-0.25, -0.2) is 0 Å². The summed E-state index contributed by atoms with van der Waals surface area (Å²) in [5, 5.41) is 3.65. The smallest absolute Gasteiger partial charge is 0.0469 e. The van der Waals surface area contributed by atoms with E-state index in [9.17, 15) is 0 Å². The van der Waals surface area contributed by atoms with E-state index in [4.69, 9.17) is 0 Å². The largest absolute Gasteiger partial charge is 0.312 e. The summed E-state index contributed by atoms with van der Waals surface area (Å²) >= 11 is 0. The summed E-state index contributed by atoms with van der Waals surface area (Å²) < 4.78 is 0. The molecule has 0 aromatic heterocycles. The maximum Gasteiger partial charge on any atom is 0.0469 e. The summed E-state index contributed by atoms with van der Waals surface area (Å²) in [4.78, 5) is 2.46. The van der Waals surface area contributed by atoms with Gasteiger partial charge in [-0.15, -0.1) is 0 Å². The van der Waals surface area contributed by atoms with Crippen LogP contribution in [0.5, 0.6) is 0 Å². The molecule has 1 saturated carbocycles. The van der Waals surface area contributed by atoms with Crippen LogP contribution in [0.25, 0.3) is 0 Å². The summed E-state index contributed by atoms with van der Waals surface area (Å²) in [7, 11) is 2.23. The van der Waals surface area contributed by atoms with Gasteiger partial charge in [-0.2, -0.15) is 0 Å². The predicted octanol–water partition coefficient (Wildman–Crippen LogP) is 2.82. The highest BCUT2D eigenvalue weighted by Crippen LogP contribution is 2.23. The van der Waals surface area contributed by atoms with Crippen molar-refractivity contribution in [2.24, 2.45) is 0 Å². The Morgan fingerprint density at radius 2 is 2.00 bits per heavy atom. The number of likely N-dealkylation sites (N-methyl/N-ethyl adjacent to an activating group) is 1. The molecule has 1 aromatic carbocycles. The van der Waals surface area contributed by atoms with Crippen LogP contribution < -0.4 is 5.32 Å². The third kappa shape index (κ3) is 3.83. The Balaban J connectivity index is 1.99. The van der Waals surface area contributed by atoms with Crippen molar-refractivity contribution in [3.8, 4) is 0 Å². The molecule has 0 heterocycles. The molecule has 2 rings (SSSR count). The van der Waals surface area contributed by atoms with E-state index in [-0.39, 0.29) is 0 Å². The van der Waals surface area contributed by atoms with E-state index in [2.05, 4.69) is 54.5 Å². The van der Waals surface area contributed by atoms with Crippen molar-refractivity contribution in [2.75, 3.05) is 20.1 Å². The van der Waals surface area contributed by atoms with Gasteiger partial charge < -0.3 is 5.32 Å². The second-order valence-corrected chi connectivity index (χ2v) is 5.09. The number of benzene rings is 1. The summed E-state index contributed by atoms with van der Waals surface area (Å²) in [6, 6.07) is 12.2. The number of hydrogen-bond acceptors (Lipinski definition) is 2. The number of nitrogens with one attached hydrogen (secondary N) is 1. The lowest BCUT2D eigenvalue weighted by molar-refractivity contribution is 0.238. The van der Waals surface area contributed by atoms with Gasteiger partial charge in [0, 0.05) is 18.6 Å². The van der Waals surface area contributed by atoms with E-state index in [0.29, 0.717) is 6.04 Å². The Morgan fingerprint density at radius 1 is 1.29 bits per heavy atom. The summed E-state index contributed by atoms with van der Waals surface area (Å²) in [6.07, 6.45) is 3.93. The summed E-state index contributed by atoms with van der Waals surface area (Å²) in [5.41, 5.74) is 1.43. The van der Waals surface area contributed by atoms with Crippen LogP contribution >= 0.6 is 0 Å². The Hall–Kier alpha value is -0.860. The zero-order chi connectivity index (χ0) is 12.1. The highest BCUT2D eigenvalue weighted by atomic mass is 15.2. The lowest BCUT2D eigenvalue weighted by Gasteiger charge is -2.28. The van der Waals surface area contributed by atoms with E-state index in [1.54, 1.807) is 0 Å². The monoisotopic (exact) mass is 232 g/mol. The molecule has 1 N–H and O–H groups in total. The third-order valence-electron chi connectivity index (χ3n) is 3.47. The minimum atomic E-state index is 0.511. The first-order chi connectivity index (χ1) is 8.31.